The molecule has 0 bridgehead atoms. The number of aromatic nitrogens is 2. The van der Waals surface area contributed by atoms with Gasteiger partial charge >= 0.3 is 0 Å². The quantitative estimate of drug-likeness (QED) is 0.566. The number of benzene rings is 1. The van der Waals surface area contributed by atoms with Crippen LogP contribution in [0.2, 0.25) is 5.02 Å². The van der Waals surface area contributed by atoms with Gasteiger partial charge in [0.2, 0.25) is 0 Å². The summed E-state index contributed by atoms with van der Waals surface area (Å²) in [5.74, 6) is 0.944. The molecule has 0 spiro atoms. The molecule has 1 aromatic carbocycles. The van der Waals surface area contributed by atoms with Gasteiger partial charge < -0.3 is 4.57 Å². The molecule has 1 fully saturated rings. The molecular weight excluding hydrogens is 324 g/mol. The molecule has 2 nitrogen and oxygen atoms in total. The third-order valence-electron chi connectivity index (χ3n) is 4.71. The van der Waals surface area contributed by atoms with Crippen molar-refractivity contribution in [2.75, 3.05) is 0 Å². The number of hydrogen-bond acceptors (Lipinski definition) is 2. The molecule has 0 radical (unpaired) electrons. The molecule has 4 heteroatoms. The molecule has 0 N–H and O–H groups in total. The Bertz CT molecular complexity index is 562. The van der Waals surface area contributed by atoms with Gasteiger partial charge in [0.15, 0.2) is 0 Å². The molecule has 124 valence electrons. The van der Waals surface area contributed by atoms with Crippen LogP contribution in [0, 0.1) is 5.92 Å². The minimum absolute atomic E-state index is 0.590. The van der Waals surface area contributed by atoms with Crippen molar-refractivity contribution in [3.8, 4) is 0 Å². The van der Waals surface area contributed by atoms with Gasteiger partial charge in [-0.1, -0.05) is 43.7 Å². The normalized spacial score (nSPS) is 17.3. The maximum absolute atomic E-state index is 6.00. The number of rotatable bonds is 7. The van der Waals surface area contributed by atoms with Crippen LogP contribution in [0.25, 0.3) is 0 Å². The number of halogens is 1. The Kier molecular flexibility index (Phi) is 6.46. The summed E-state index contributed by atoms with van der Waals surface area (Å²) < 4.78 is 2.20. The van der Waals surface area contributed by atoms with Crippen molar-refractivity contribution < 1.29 is 0 Å². The van der Waals surface area contributed by atoms with E-state index in [1.807, 2.05) is 36.4 Å². The summed E-state index contributed by atoms with van der Waals surface area (Å²) in [5, 5.41) is 1.40. The molecule has 1 aliphatic rings. The first-order valence-electron chi connectivity index (χ1n) is 8.67. The monoisotopic (exact) mass is 348 g/mol. The Morgan fingerprint density at radius 3 is 2.65 bits per heavy atom. The van der Waals surface area contributed by atoms with E-state index in [4.69, 9.17) is 11.6 Å². The fourth-order valence-electron chi connectivity index (χ4n) is 3.42. The summed E-state index contributed by atoms with van der Waals surface area (Å²) in [5.41, 5.74) is 0. The first-order chi connectivity index (χ1) is 11.3. The summed E-state index contributed by atoms with van der Waals surface area (Å²) >= 11 is 7.98. The van der Waals surface area contributed by atoms with Crippen molar-refractivity contribution >= 4 is 23.4 Å². The van der Waals surface area contributed by atoms with Crippen LogP contribution >= 0.6 is 23.4 Å². The van der Waals surface area contributed by atoms with Crippen molar-refractivity contribution in [3.05, 3.63) is 48.0 Å². The molecule has 2 aromatic rings. The Morgan fingerprint density at radius 2 is 1.96 bits per heavy atom. The lowest BCUT2D eigenvalue weighted by Gasteiger charge is -2.24. The van der Waals surface area contributed by atoms with E-state index in [1.165, 1.54) is 49.8 Å². The first kappa shape index (κ1) is 16.9. The van der Waals surface area contributed by atoms with Gasteiger partial charge in [-0.2, -0.15) is 0 Å². The second-order valence-corrected chi connectivity index (χ2v) is 8.34. The molecule has 0 aliphatic heterocycles. The van der Waals surface area contributed by atoms with Crippen LogP contribution < -0.4 is 0 Å². The van der Waals surface area contributed by atoms with Gasteiger partial charge in [-0.3, -0.25) is 0 Å². The maximum atomic E-state index is 6.00. The van der Waals surface area contributed by atoms with E-state index in [0.717, 1.165) is 17.5 Å². The SMILES string of the molecule is Clc1ccc(SC(CCC2CCCCC2)Cn2ccnc2)cc1. The van der Waals surface area contributed by atoms with E-state index >= 15 is 0 Å². The number of nitrogens with zero attached hydrogens (tertiary/aromatic N) is 2. The molecule has 1 saturated carbocycles. The average molecular weight is 349 g/mol. The Morgan fingerprint density at radius 1 is 1.17 bits per heavy atom. The topological polar surface area (TPSA) is 17.8 Å². The number of thioether (sulfide) groups is 1. The molecular formula is C19H25ClN2S. The number of imidazole rings is 1. The van der Waals surface area contributed by atoms with E-state index in [9.17, 15) is 0 Å². The second-order valence-electron chi connectivity index (χ2n) is 6.53. The lowest BCUT2D eigenvalue weighted by Crippen LogP contribution is -2.15. The summed E-state index contributed by atoms with van der Waals surface area (Å²) in [4.78, 5) is 5.49. The Balaban J connectivity index is 1.59. The van der Waals surface area contributed by atoms with Gasteiger partial charge in [-0.05, 0) is 43.0 Å². The van der Waals surface area contributed by atoms with Gasteiger partial charge in [0.05, 0.1) is 6.33 Å². The zero-order chi connectivity index (χ0) is 15.9. The van der Waals surface area contributed by atoms with Gasteiger partial charge in [-0.15, -0.1) is 11.8 Å². The van der Waals surface area contributed by atoms with E-state index in [2.05, 4.69) is 27.9 Å². The maximum Gasteiger partial charge on any atom is 0.0946 e. The smallest absolute Gasteiger partial charge is 0.0946 e. The summed E-state index contributed by atoms with van der Waals surface area (Å²) in [6.07, 6.45) is 15.7. The van der Waals surface area contributed by atoms with Crippen LogP contribution in [0.3, 0.4) is 0 Å². The van der Waals surface area contributed by atoms with Gasteiger partial charge in [0, 0.05) is 34.1 Å². The summed E-state index contributed by atoms with van der Waals surface area (Å²) in [6.45, 7) is 1.03. The third-order valence-corrected chi connectivity index (χ3v) is 6.23. The predicted molar refractivity (Wildman–Crippen MR) is 99.1 cm³/mol. The van der Waals surface area contributed by atoms with Crippen LogP contribution in [-0.2, 0) is 6.54 Å². The molecule has 3 rings (SSSR count). The van der Waals surface area contributed by atoms with Crippen LogP contribution in [0.15, 0.2) is 47.9 Å². The fraction of sp³-hybridized carbons (Fsp3) is 0.526. The molecule has 0 amide bonds. The van der Waals surface area contributed by atoms with Crippen LogP contribution in [0.4, 0.5) is 0 Å². The van der Waals surface area contributed by atoms with Crippen molar-refractivity contribution in [2.45, 2.75) is 61.6 Å². The largest absolute Gasteiger partial charge is 0.336 e. The van der Waals surface area contributed by atoms with Crippen LogP contribution in [-0.4, -0.2) is 14.8 Å². The van der Waals surface area contributed by atoms with Crippen molar-refractivity contribution in [1.29, 1.82) is 0 Å². The highest BCUT2D eigenvalue weighted by atomic mass is 35.5. The van der Waals surface area contributed by atoms with Crippen molar-refractivity contribution in [2.24, 2.45) is 5.92 Å². The molecule has 1 heterocycles. The highest BCUT2D eigenvalue weighted by molar-refractivity contribution is 8.00. The first-order valence-corrected chi connectivity index (χ1v) is 9.93. The Labute approximate surface area is 148 Å². The molecule has 0 saturated heterocycles. The zero-order valence-electron chi connectivity index (χ0n) is 13.5. The predicted octanol–water partition coefficient (Wildman–Crippen LogP) is 6.06. The Hall–Kier alpha value is -0.930. The zero-order valence-corrected chi connectivity index (χ0v) is 15.1. The standard InChI is InChI=1S/C19H25ClN2S/c20-17-7-10-18(11-8-17)23-19(14-22-13-12-21-15-22)9-6-16-4-2-1-3-5-16/h7-8,10-13,15-16,19H,1-6,9,14H2. The van der Waals surface area contributed by atoms with E-state index < -0.39 is 0 Å². The lowest BCUT2D eigenvalue weighted by atomic mass is 9.86. The molecule has 1 aliphatic carbocycles. The van der Waals surface area contributed by atoms with Crippen LogP contribution in [0.5, 0.6) is 0 Å². The molecule has 1 aromatic heterocycles. The molecule has 23 heavy (non-hydrogen) atoms. The van der Waals surface area contributed by atoms with E-state index in [-0.39, 0.29) is 0 Å². The fourth-order valence-corrected chi connectivity index (χ4v) is 4.73. The summed E-state index contributed by atoms with van der Waals surface area (Å²) in [7, 11) is 0. The van der Waals surface area contributed by atoms with Crippen molar-refractivity contribution in [3.63, 3.8) is 0 Å². The highest BCUT2D eigenvalue weighted by Crippen LogP contribution is 2.33. The van der Waals surface area contributed by atoms with Gasteiger partial charge in [-0.25, -0.2) is 4.98 Å². The average Bonchev–Trinajstić information content (AvgIpc) is 3.09. The third kappa shape index (κ3) is 5.58. The number of hydrogen-bond donors (Lipinski definition) is 0. The highest BCUT2D eigenvalue weighted by Gasteiger charge is 2.17. The van der Waals surface area contributed by atoms with Gasteiger partial charge in [0.1, 0.15) is 0 Å². The summed E-state index contributed by atoms with van der Waals surface area (Å²) in [6, 6.07) is 8.24. The molecule has 1 unspecified atom stereocenters. The van der Waals surface area contributed by atoms with Crippen molar-refractivity contribution in [1.82, 2.24) is 9.55 Å². The lowest BCUT2D eigenvalue weighted by molar-refractivity contribution is 0.329. The minimum atomic E-state index is 0.590. The molecule has 1 atom stereocenters. The van der Waals surface area contributed by atoms with Gasteiger partial charge in [0.25, 0.3) is 0 Å². The van der Waals surface area contributed by atoms with Crippen LogP contribution in [0.1, 0.15) is 44.9 Å². The second kappa shape index (κ2) is 8.79. The van der Waals surface area contributed by atoms with E-state index in [1.54, 1.807) is 0 Å². The van der Waals surface area contributed by atoms with E-state index in [0.29, 0.717) is 5.25 Å². The minimum Gasteiger partial charge on any atom is -0.336 e.